The SMILES string of the molecule is C.C.CC(C)(C)CC1CCCCC1.CC(C1CCCCC1)C(C)(C)C. The third-order valence-corrected chi connectivity index (χ3v) is 6.35. The second-order valence-corrected chi connectivity index (χ2v) is 10.8. The molecule has 0 aromatic carbocycles. The molecule has 0 amide bonds. The molecule has 2 fully saturated rings. The second-order valence-electron chi connectivity index (χ2n) is 10.8. The molecule has 2 rings (SSSR count). The Balaban J connectivity index is 0. The van der Waals surface area contributed by atoms with Crippen molar-refractivity contribution in [3.63, 3.8) is 0 Å². The van der Waals surface area contributed by atoms with Crippen molar-refractivity contribution in [2.45, 2.75) is 134 Å². The van der Waals surface area contributed by atoms with Crippen LogP contribution in [0.4, 0.5) is 0 Å². The van der Waals surface area contributed by atoms with E-state index in [0.717, 1.165) is 17.8 Å². The average Bonchev–Trinajstić information content (AvgIpc) is 2.46. The fourth-order valence-corrected chi connectivity index (χ4v) is 4.60. The Hall–Kier alpha value is 0. The Bertz CT molecular complexity index is 289. The number of rotatable bonds is 2. The van der Waals surface area contributed by atoms with Crippen molar-refractivity contribution in [1.29, 1.82) is 0 Å². The molecule has 154 valence electrons. The van der Waals surface area contributed by atoms with E-state index in [1.54, 1.807) is 0 Å². The average molecular weight is 355 g/mol. The monoisotopic (exact) mass is 354 g/mol. The first-order valence-corrected chi connectivity index (χ1v) is 10.6. The Morgan fingerprint density at radius 2 is 1.08 bits per heavy atom. The van der Waals surface area contributed by atoms with Gasteiger partial charge in [0.2, 0.25) is 0 Å². The van der Waals surface area contributed by atoms with Crippen LogP contribution in [0.15, 0.2) is 0 Å². The van der Waals surface area contributed by atoms with Crippen LogP contribution in [0.3, 0.4) is 0 Å². The first-order chi connectivity index (χ1) is 10.6. The van der Waals surface area contributed by atoms with Crippen LogP contribution in [0.25, 0.3) is 0 Å². The van der Waals surface area contributed by atoms with Gasteiger partial charge in [-0.1, -0.05) is 128 Å². The summed E-state index contributed by atoms with van der Waals surface area (Å²) in [4.78, 5) is 0. The largest absolute Gasteiger partial charge is 0.0776 e. The molecule has 0 bridgehead atoms. The molecule has 0 aromatic heterocycles. The standard InChI is InChI=1S/C12H24.C11H22.2CH4/c1-10(12(2,3)4)11-8-6-5-7-9-11;1-11(2,3)9-10-7-5-4-6-8-10;;/h10-11H,5-9H2,1-4H3;10H,4-9H2,1-3H3;2*1H4. The maximum atomic E-state index is 2.44. The third kappa shape index (κ3) is 12.1. The summed E-state index contributed by atoms with van der Waals surface area (Å²) in [7, 11) is 0. The van der Waals surface area contributed by atoms with Gasteiger partial charge in [0.25, 0.3) is 0 Å². The van der Waals surface area contributed by atoms with Gasteiger partial charge in [-0.25, -0.2) is 0 Å². The van der Waals surface area contributed by atoms with Crippen molar-refractivity contribution < 1.29 is 0 Å². The molecular weight excluding hydrogens is 300 g/mol. The minimum Gasteiger partial charge on any atom is -0.0776 e. The van der Waals surface area contributed by atoms with Crippen LogP contribution >= 0.6 is 0 Å². The summed E-state index contributed by atoms with van der Waals surface area (Å²) in [6.07, 6.45) is 16.3. The highest BCUT2D eigenvalue weighted by molar-refractivity contribution is 4.79. The molecule has 2 aliphatic rings. The Morgan fingerprint density at radius 3 is 1.44 bits per heavy atom. The van der Waals surface area contributed by atoms with E-state index in [-0.39, 0.29) is 14.9 Å². The van der Waals surface area contributed by atoms with E-state index in [9.17, 15) is 0 Å². The molecule has 25 heavy (non-hydrogen) atoms. The lowest BCUT2D eigenvalue weighted by atomic mass is 9.69. The van der Waals surface area contributed by atoms with Gasteiger partial charge in [-0.2, -0.15) is 0 Å². The Kier molecular flexibility index (Phi) is 13.5. The molecule has 1 unspecified atom stereocenters. The highest BCUT2D eigenvalue weighted by Crippen LogP contribution is 2.39. The van der Waals surface area contributed by atoms with Gasteiger partial charge in [0.1, 0.15) is 0 Å². The zero-order valence-electron chi connectivity index (χ0n) is 17.5. The maximum Gasteiger partial charge on any atom is -0.0354 e. The molecule has 2 saturated carbocycles. The van der Waals surface area contributed by atoms with Crippen molar-refractivity contribution in [2.24, 2.45) is 28.6 Å². The van der Waals surface area contributed by atoms with E-state index in [1.165, 1.54) is 70.6 Å². The van der Waals surface area contributed by atoms with E-state index < -0.39 is 0 Å². The van der Waals surface area contributed by atoms with Crippen LogP contribution in [-0.2, 0) is 0 Å². The molecule has 0 aliphatic heterocycles. The normalized spacial score (nSPS) is 21.2. The predicted octanol–water partition coefficient (Wildman–Crippen LogP) is 9.52. The van der Waals surface area contributed by atoms with Crippen molar-refractivity contribution in [2.75, 3.05) is 0 Å². The molecule has 2 aliphatic carbocycles. The smallest absolute Gasteiger partial charge is 0.0354 e. The first-order valence-electron chi connectivity index (χ1n) is 10.6. The lowest BCUT2D eigenvalue weighted by Gasteiger charge is -2.36. The minimum atomic E-state index is 0. The van der Waals surface area contributed by atoms with Gasteiger partial charge in [-0.05, 0) is 35.0 Å². The molecule has 0 saturated heterocycles. The van der Waals surface area contributed by atoms with Gasteiger partial charge in [-0.15, -0.1) is 0 Å². The minimum absolute atomic E-state index is 0. The summed E-state index contributed by atoms with van der Waals surface area (Å²) in [5.41, 5.74) is 1.07. The van der Waals surface area contributed by atoms with E-state index in [4.69, 9.17) is 0 Å². The van der Waals surface area contributed by atoms with Gasteiger partial charge in [0.15, 0.2) is 0 Å². The van der Waals surface area contributed by atoms with Gasteiger partial charge < -0.3 is 0 Å². The lowest BCUT2D eigenvalue weighted by molar-refractivity contribution is 0.141. The Morgan fingerprint density at radius 1 is 0.680 bits per heavy atom. The van der Waals surface area contributed by atoms with Crippen LogP contribution in [0.5, 0.6) is 0 Å². The quantitative estimate of drug-likeness (QED) is 0.463. The molecule has 1 atom stereocenters. The third-order valence-electron chi connectivity index (χ3n) is 6.35. The zero-order chi connectivity index (χ0) is 17.5. The topological polar surface area (TPSA) is 0 Å². The zero-order valence-corrected chi connectivity index (χ0v) is 17.5. The molecule has 0 heterocycles. The summed E-state index contributed by atoms with van der Waals surface area (Å²) >= 11 is 0. The van der Waals surface area contributed by atoms with Gasteiger partial charge in [0.05, 0.1) is 0 Å². The first kappa shape index (κ1) is 27.2. The lowest BCUT2D eigenvalue weighted by Crippen LogP contribution is -2.27. The van der Waals surface area contributed by atoms with E-state index in [0.29, 0.717) is 10.8 Å². The van der Waals surface area contributed by atoms with Gasteiger partial charge in [-0.3, -0.25) is 0 Å². The molecule has 0 radical (unpaired) electrons. The summed E-state index contributed by atoms with van der Waals surface area (Å²) in [5.74, 6) is 2.96. The van der Waals surface area contributed by atoms with Crippen molar-refractivity contribution >= 4 is 0 Å². The van der Waals surface area contributed by atoms with Crippen LogP contribution < -0.4 is 0 Å². The summed E-state index contributed by atoms with van der Waals surface area (Å²) in [6, 6.07) is 0. The van der Waals surface area contributed by atoms with Crippen LogP contribution in [0.2, 0.25) is 0 Å². The van der Waals surface area contributed by atoms with Crippen LogP contribution in [0, 0.1) is 28.6 Å². The Labute approximate surface area is 163 Å². The summed E-state index contributed by atoms with van der Waals surface area (Å²) in [5, 5.41) is 0. The van der Waals surface area contributed by atoms with Crippen LogP contribution in [-0.4, -0.2) is 0 Å². The molecule has 0 heteroatoms. The highest BCUT2D eigenvalue weighted by Gasteiger charge is 2.28. The predicted molar refractivity (Wildman–Crippen MR) is 119 cm³/mol. The second kappa shape index (κ2) is 12.4. The van der Waals surface area contributed by atoms with Crippen LogP contribution in [0.1, 0.15) is 134 Å². The molecule has 0 aromatic rings. The van der Waals surface area contributed by atoms with Crippen molar-refractivity contribution in [3.05, 3.63) is 0 Å². The molecular formula is C25H54. The molecule has 0 spiro atoms. The summed E-state index contributed by atoms with van der Waals surface area (Å²) < 4.78 is 0. The highest BCUT2D eigenvalue weighted by atomic mass is 14.3. The fraction of sp³-hybridized carbons (Fsp3) is 1.00. The number of hydrogen-bond acceptors (Lipinski definition) is 0. The van der Waals surface area contributed by atoms with E-state index >= 15 is 0 Å². The molecule has 0 N–H and O–H groups in total. The number of hydrogen-bond donors (Lipinski definition) is 0. The fourth-order valence-electron chi connectivity index (χ4n) is 4.60. The van der Waals surface area contributed by atoms with Crippen molar-refractivity contribution in [1.82, 2.24) is 0 Å². The summed E-state index contributed by atoms with van der Waals surface area (Å²) in [6.45, 7) is 16.7. The van der Waals surface area contributed by atoms with E-state index in [1.807, 2.05) is 0 Å². The van der Waals surface area contributed by atoms with E-state index in [2.05, 4.69) is 48.5 Å². The van der Waals surface area contributed by atoms with Gasteiger partial charge in [0, 0.05) is 0 Å². The maximum absolute atomic E-state index is 2.44. The van der Waals surface area contributed by atoms with Gasteiger partial charge >= 0.3 is 0 Å². The van der Waals surface area contributed by atoms with Crippen molar-refractivity contribution in [3.8, 4) is 0 Å². The molecule has 0 nitrogen and oxygen atoms in total.